The smallest absolute Gasteiger partial charge is 0.256 e. The van der Waals surface area contributed by atoms with Crippen molar-refractivity contribution in [3.63, 3.8) is 0 Å². The van der Waals surface area contributed by atoms with Crippen LogP contribution in [0.4, 0.5) is 13.2 Å². The molecule has 0 aliphatic heterocycles. The number of unbranched alkanes of at least 4 members (excludes halogenated alkanes) is 1. The highest BCUT2D eigenvalue weighted by atomic mass is 19.2. The molecule has 0 radical (unpaired) electrons. The lowest BCUT2D eigenvalue weighted by molar-refractivity contribution is 0.0752. The molecule has 1 amide bonds. The number of hydrogen-bond acceptors (Lipinski definition) is 2. The second-order valence-corrected chi connectivity index (χ2v) is 4.16. The van der Waals surface area contributed by atoms with Crippen LogP contribution in [-0.4, -0.2) is 30.4 Å². The van der Waals surface area contributed by atoms with E-state index in [1.807, 2.05) is 6.92 Å². The molecule has 0 spiro atoms. The fourth-order valence-electron chi connectivity index (χ4n) is 1.68. The first-order chi connectivity index (χ1) is 9.02. The third-order valence-electron chi connectivity index (χ3n) is 2.73. The van der Waals surface area contributed by atoms with Crippen LogP contribution in [0.1, 0.15) is 30.1 Å². The fraction of sp³-hybridized carbons (Fsp3) is 0.462. The second kappa shape index (κ2) is 7.13. The molecule has 0 aliphatic rings. The van der Waals surface area contributed by atoms with Crippen LogP contribution in [0.5, 0.6) is 0 Å². The maximum absolute atomic E-state index is 13.5. The lowest BCUT2D eigenvalue weighted by atomic mass is 10.1. The van der Waals surface area contributed by atoms with Crippen LogP contribution < -0.4 is 5.73 Å². The molecule has 0 aliphatic carbocycles. The third-order valence-corrected chi connectivity index (χ3v) is 2.73. The maximum atomic E-state index is 13.5. The van der Waals surface area contributed by atoms with E-state index in [1.165, 1.54) is 4.90 Å². The van der Waals surface area contributed by atoms with Gasteiger partial charge in [0.05, 0.1) is 5.56 Å². The Morgan fingerprint density at radius 2 is 1.89 bits per heavy atom. The van der Waals surface area contributed by atoms with Crippen LogP contribution in [0.2, 0.25) is 0 Å². The Morgan fingerprint density at radius 1 is 1.21 bits per heavy atom. The molecule has 106 valence electrons. The van der Waals surface area contributed by atoms with Crippen molar-refractivity contribution in [2.45, 2.75) is 19.8 Å². The molecule has 0 unspecified atom stereocenters. The Labute approximate surface area is 110 Å². The number of nitrogens with two attached hydrogens (primary N) is 1. The number of benzene rings is 1. The normalized spacial score (nSPS) is 10.6. The number of carbonyl (C=O) groups excluding carboxylic acids is 1. The molecule has 0 saturated carbocycles. The summed E-state index contributed by atoms with van der Waals surface area (Å²) in [5.74, 6) is -5.07. The Hall–Kier alpha value is -1.56. The predicted molar refractivity (Wildman–Crippen MR) is 66.2 cm³/mol. The standard InChI is InChI=1S/C13H17F3N2O/c1-2-3-7-18(8-6-17)13(19)9-4-5-10(14)12(16)11(9)15/h4-5H,2-3,6-8,17H2,1H3. The summed E-state index contributed by atoms with van der Waals surface area (Å²) in [7, 11) is 0. The van der Waals surface area contributed by atoms with Crippen LogP contribution in [0.3, 0.4) is 0 Å². The molecule has 0 aromatic heterocycles. The van der Waals surface area contributed by atoms with E-state index in [9.17, 15) is 18.0 Å². The Morgan fingerprint density at radius 3 is 2.47 bits per heavy atom. The molecule has 3 nitrogen and oxygen atoms in total. The van der Waals surface area contributed by atoms with Gasteiger partial charge in [0.15, 0.2) is 17.5 Å². The van der Waals surface area contributed by atoms with Crippen LogP contribution in [0, 0.1) is 17.5 Å². The highest BCUT2D eigenvalue weighted by Crippen LogP contribution is 2.17. The van der Waals surface area contributed by atoms with Gasteiger partial charge < -0.3 is 10.6 Å². The summed E-state index contributed by atoms with van der Waals surface area (Å²) in [5.41, 5.74) is 4.92. The molecule has 0 bridgehead atoms. The molecule has 1 aromatic carbocycles. The number of carbonyl (C=O) groups is 1. The zero-order chi connectivity index (χ0) is 14.4. The number of rotatable bonds is 6. The first-order valence-electron chi connectivity index (χ1n) is 6.15. The van der Waals surface area contributed by atoms with Crippen LogP contribution in [0.25, 0.3) is 0 Å². The number of amides is 1. The molecule has 0 saturated heterocycles. The topological polar surface area (TPSA) is 46.3 Å². The van der Waals surface area contributed by atoms with Crippen molar-refractivity contribution < 1.29 is 18.0 Å². The first-order valence-corrected chi connectivity index (χ1v) is 6.15. The van der Waals surface area contributed by atoms with Crippen molar-refractivity contribution in [2.75, 3.05) is 19.6 Å². The molecule has 1 aromatic rings. The van der Waals surface area contributed by atoms with Crippen LogP contribution >= 0.6 is 0 Å². The highest BCUT2D eigenvalue weighted by molar-refractivity contribution is 5.94. The van der Waals surface area contributed by atoms with Gasteiger partial charge in [-0.05, 0) is 18.6 Å². The number of halogens is 3. The average Bonchev–Trinajstić information content (AvgIpc) is 2.40. The predicted octanol–water partition coefficient (Wildman–Crippen LogP) is 2.30. The zero-order valence-corrected chi connectivity index (χ0v) is 10.8. The summed E-state index contributed by atoms with van der Waals surface area (Å²) in [4.78, 5) is 13.4. The molecule has 2 N–H and O–H groups in total. The Bertz CT molecular complexity index is 452. The van der Waals surface area contributed by atoms with E-state index in [0.717, 1.165) is 25.0 Å². The molecular weight excluding hydrogens is 257 g/mol. The second-order valence-electron chi connectivity index (χ2n) is 4.16. The molecule has 0 atom stereocenters. The molecule has 19 heavy (non-hydrogen) atoms. The van der Waals surface area contributed by atoms with Gasteiger partial charge in [-0.15, -0.1) is 0 Å². The van der Waals surface area contributed by atoms with Gasteiger partial charge in [0.25, 0.3) is 5.91 Å². The van der Waals surface area contributed by atoms with Gasteiger partial charge in [-0.2, -0.15) is 0 Å². The van der Waals surface area contributed by atoms with Gasteiger partial charge >= 0.3 is 0 Å². The molecule has 6 heteroatoms. The first kappa shape index (κ1) is 15.5. The number of hydrogen-bond donors (Lipinski definition) is 1. The fourth-order valence-corrected chi connectivity index (χ4v) is 1.68. The van der Waals surface area contributed by atoms with E-state index < -0.39 is 28.9 Å². The van der Waals surface area contributed by atoms with Gasteiger partial charge in [-0.1, -0.05) is 13.3 Å². The van der Waals surface area contributed by atoms with Crippen LogP contribution in [0.15, 0.2) is 12.1 Å². The highest BCUT2D eigenvalue weighted by Gasteiger charge is 2.22. The monoisotopic (exact) mass is 274 g/mol. The van der Waals surface area contributed by atoms with Crippen molar-refractivity contribution in [3.05, 3.63) is 35.1 Å². The summed E-state index contributed by atoms with van der Waals surface area (Å²) >= 11 is 0. The number of nitrogens with zero attached hydrogens (tertiary/aromatic N) is 1. The Kier molecular flexibility index (Phi) is 5.82. The van der Waals surface area contributed by atoms with Gasteiger partial charge in [-0.25, -0.2) is 13.2 Å². The van der Waals surface area contributed by atoms with Crippen molar-refractivity contribution in [1.29, 1.82) is 0 Å². The van der Waals surface area contributed by atoms with Crippen molar-refractivity contribution in [2.24, 2.45) is 5.73 Å². The van der Waals surface area contributed by atoms with Gasteiger partial charge in [0.2, 0.25) is 0 Å². The summed E-state index contributed by atoms with van der Waals surface area (Å²) in [5, 5.41) is 0. The SMILES string of the molecule is CCCCN(CCN)C(=O)c1ccc(F)c(F)c1F. The summed E-state index contributed by atoms with van der Waals surface area (Å²) in [6, 6.07) is 1.69. The van der Waals surface area contributed by atoms with Crippen molar-refractivity contribution >= 4 is 5.91 Å². The van der Waals surface area contributed by atoms with Gasteiger partial charge in [0, 0.05) is 19.6 Å². The van der Waals surface area contributed by atoms with E-state index in [4.69, 9.17) is 5.73 Å². The maximum Gasteiger partial charge on any atom is 0.256 e. The quantitative estimate of drug-likeness (QED) is 0.809. The minimum Gasteiger partial charge on any atom is -0.337 e. The van der Waals surface area contributed by atoms with Gasteiger partial charge in [-0.3, -0.25) is 4.79 Å². The van der Waals surface area contributed by atoms with Crippen molar-refractivity contribution in [3.8, 4) is 0 Å². The van der Waals surface area contributed by atoms with E-state index >= 15 is 0 Å². The summed E-state index contributed by atoms with van der Waals surface area (Å²) < 4.78 is 39.5. The van der Waals surface area contributed by atoms with Crippen molar-refractivity contribution in [1.82, 2.24) is 4.90 Å². The summed E-state index contributed by atoms with van der Waals surface area (Å²) in [6.07, 6.45) is 1.59. The lowest BCUT2D eigenvalue weighted by Gasteiger charge is -2.22. The molecular formula is C13H17F3N2O. The minimum absolute atomic E-state index is 0.223. The zero-order valence-electron chi connectivity index (χ0n) is 10.8. The van der Waals surface area contributed by atoms with E-state index in [0.29, 0.717) is 6.54 Å². The van der Waals surface area contributed by atoms with E-state index in [-0.39, 0.29) is 13.1 Å². The lowest BCUT2D eigenvalue weighted by Crippen LogP contribution is -2.36. The van der Waals surface area contributed by atoms with E-state index in [1.54, 1.807) is 0 Å². The Balaban J connectivity index is 2.99. The summed E-state index contributed by atoms with van der Waals surface area (Å²) in [6.45, 7) is 2.83. The largest absolute Gasteiger partial charge is 0.337 e. The average molecular weight is 274 g/mol. The van der Waals surface area contributed by atoms with E-state index in [2.05, 4.69) is 0 Å². The van der Waals surface area contributed by atoms with Gasteiger partial charge in [0.1, 0.15) is 0 Å². The minimum atomic E-state index is -1.63. The van der Waals surface area contributed by atoms with Crippen LogP contribution in [-0.2, 0) is 0 Å². The molecule has 1 rings (SSSR count). The molecule has 0 fully saturated rings. The third kappa shape index (κ3) is 3.70. The molecule has 0 heterocycles.